The van der Waals surface area contributed by atoms with Crippen LogP contribution < -0.4 is 5.32 Å². The number of nitrogens with zero attached hydrogens (tertiary/aromatic N) is 3. The summed E-state index contributed by atoms with van der Waals surface area (Å²) in [6.45, 7) is 5.10. The molecule has 3 aromatic rings. The maximum absolute atomic E-state index is 13.7. The van der Waals surface area contributed by atoms with Crippen LogP contribution in [0, 0.1) is 13.8 Å². The molecule has 0 unspecified atom stereocenters. The molecule has 3 heterocycles. The van der Waals surface area contributed by atoms with Crippen LogP contribution in [0.5, 0.6) is 0 Å². The van der Waals surface area contributed by atoms with Gasteiger partial charge in [0, 0.05) is 36.7 Å². The fourth-order valence-corrected chi connectivity index (χ4v) is 5.53. The van der Waals surface area contributed by atoms with Gasteiger partial charge >= 0.3 is 0 Å². The summed E-state index contributed by atoms with van der Waals surface area (Å²) in [4.78, 5) is 28.2. The van der Waals surface area contributed by atoms with Gasteiger partial charge in [-0.1, -0.05) is 42.8 Å². The van der Waals surface area contributed by atoms with Gasteiger partial charge in [-0.15, -0.1) is 0 Å². The lowest BCUT2D eigenvalue weighted by Gasteiger charge is -2.34. The van der Waals surface area contributed by atoms with Crippen LogP contribution in [0.4, 0.5) is 0 Å². The van der Waals surface area contributed by atoms with E-state index >= 15 is 0 Å². The second kappa shape index (κ2) is 8.50. The highest BCUT2D eigenvalue weighted by Gasteiger charge is 2.49. The zero-order valence-corrected chi connectivity index (χ0v) is 19.3. The number of aromatic nitrogens is 2. The van der Waals surface area contributed by atoms with Crippen molar-refractivity contribution in [2.45, 2.75) is 51.0 Å². The Hall–Kier alpha value is -3.41. The van der Waals surface area contributed by atoms with Crippen molar-refractivity contribution in [2.75, 3.05) is 13.1 Å². The summed E-state index contributed by atoms with van der Waals surface area (Å²) in [7, 11) is 0. The summed E-state index contributed by atoms with van der Waals surface area (Å²) in [6.07, 6.45) is 3.32. The molecule has 33 heavy (non-hydrogen) atoms. The quantitative estimate of drug-likeness (QED) is 0.662. The first kappa shape index (κ1) is 21.4. The third-order valence-corrected chi connectivity index (χ3v) is 7.04. The Labute approximate surface area is 194 Å². The zero-order chi connectivity index (χ0) is 23.0. The number of benzene rings is 2. The monoisotopic (exact) mass is 442 g/mol. The van der Waals surface area contributed by atoms with Gasteiger partial charge in [-0.2, -0.15) is 5.10 Å². The molecule has 2 aromatic carbocycles. The number of nitrogens with one attached hydrogen (secondary N) is 1. The number of carbonyl (C=O) groups excluding carboxylic acids is 2. The van der Waals surface area contributed by atoms with Gasteiger partial charge in [-0.25, -0.2) is 4.68 Å². The van der Waals surface area contributed by atoms with Crippen molar-refractivity contribution in [2.24, 2.45) is 0 Å². The van der Waals surface area contributed by atoms with Gasteiger partial charge in [-0.05, 0) is 56.5 Å². The van der Waals surface area contributed by atoms with E-state index in [1.807, 2.05) is 72.0 Å². The van der Waals surface area contributed by atoms with Crippen molar-refractivity contribution in [3.8, 4) is 5.69 Å². The van der Waals surface area contributed by atoms with Crippen LogP contribution in [0.3, 0.4) is 0 Å². The molecule has 2 fully saturated rings. The molecule has 1 aromatic heterocycles. The van der Waals surface area contributed by atoms with Crippen LogP contribution in [0.1, 0.15) is 58.9 Å². The van der Waals surface area contributed by atoms with Crippen molar-refractivity contribution in [3.63, 3.8) is 0 Å². The molecule has 0 bridgehead atoms. The highest BCUT2D eigenvalue weighted by Crippen LogP contribution is 2.41. The lowest BCUT2D eigenvalue weighted by molar-refractivity contribution is -0.122. The van der Waals surface area contributed by atoms with Gasteiger partial charge in [0.2, 0.25) is 5.91 Å². The largest absolute Gasteiger partial charge is 0.348 e. The van der Waals surface area contributed by atoms with Crippen molar-refractivity contribution in [3.05, 3.63) is 83.2 Å². The maximum Gasteiger partial charge on any atom is 0.254 e. The summed E-state index contributed by atoms with van der Waals surface area (Å²) in [5.74, 6) is 0.160. The van der Waals surface area contributed by atoms with Gasteiger partial charge in [0.05, 0.1) is 16.9 Å². The van der Waals surface area contributed by atoms with Crippen LogP contribution in [0.15, 0.2) is 60.7 Å². The summed E-state index contributed by atoms with van der Waals surface area (Å²) in [5, 5.41) is 7.90. The van der Waals surface area contributed by atoms with Crippen molar-refractivity contribution in [1.29, 1.82) is 0 Å². The topological polar surface area (TPSA) is 67.2 Å². The minimum atomic E-state index is -0.419. The number of carbonyl (C=O) groups is 2. The predicted octanol–water partition coefficient (Wildman–Crippen LogP) is 4.16. The van der Waals surface area contributed by atoms with E-state index in [-0.39, 0.29) is 17.7 Å². The highest BCUT2D eigenvalue weighted by atomic mass is 16.2. The Kier molecular flexibility index (Phi) is 5.52. The lowest BCUT2D eigenvalue weighted by atomic mass is 9.79. The Bertz CT molecular complexity index is 1190. The molecule has 0 radical (unpaired) electrons. The standard InChI is InChI=1S/C27H30N4O2/c1-19-15-20(2)31(29-19)23-12-8-11-22(16-23)26(33)30-17-24(21-9-4-3-5-10-21)27(18-30)14-7-6-13-25(32)28-27/h3-5,8-12,15-16,24H,6-7,13-14,17-18H2,1-2H3,(H,28,32)/t24-,27+/m0/s1. The van der Waals surface area contributed by atoms with Crippen molar-refractivity contribution < 1.29 is 9.59 Å². The first-order valence-corrected chi connectivity index (χ1v) is 11.7. The van der Waals surface area contributed by atoms with Crippen LogP contribution in [0.2, 0.25) is 0 Å². The first-order valence-electron chi connectivity index (χ1n) is 11.7. The van der Waals surface area contributed by atoms with Crippen LogP contribution >= 0.6 is 0 Å². The Morgan fingerprint density at radius 3 is 2.64 bits per heavy atom. The van der Waals surface area contributed by atoms with Crippen LogP contribution in [0.25, 0.3) is 5.69 Å². The van der Waals surface area contributed by atoms with Crippen LogP contribution in [-0.2, 0) is 4.79 Å². The van der Waals surface area contributed by atoms with E-state index in [9.17, 15) is 9.59 Å². The van der Waals surface area contributed by atoms with E-state index in [1.54, 1.807) is 0 Å². The third kappa shape index (κ3) is 4.06. The number of rotatable bonds is 3. The van der Waals surface area contributed by atoms with Gasteiger partial charge in [0.1, 0.15) is 0 Å². The summed E-state index contributed by atoms with van der Waals surface area (Å²) >= 11 is 0. The second-order valence-corrected chi connectivity index (χ2v) is 9.45. The molecule has 2 aliphatic rings. The summed E-state index contributed by atoms with van der Waals surface area (Å²) < 4.78 is 1.87. The molecule has 2 aliphatic heterocycles. The average Bonchev–Trinajstić information content (AvgIpc) is 3.29. The van der Waals surface area contributed by atoms with E-state index in [0.717, 1.165) is 36.3 Å². The molecule has 6 heteroatoms. The molecule has 170 valence electrons. The predicted molar refractivity (Wildman–Crippen MR) is 127 cm³/mol. The molecule has 2 amide bonds. The van der Waals surface area contributed by atoms with Gasteiger partial charge in [0.15, 0.2) is 0 Å². The second-order valence-electron chi connectivity index (χ2n) is 9.45. The molecule has 2 saturated heterocycles. The maximum atomic E-state index is 13.7. The number of hydrogen-bond donors (Lipinski definition) is 1. The molecular weight excluding hydrogens is 412 g/mol. The van der Waals surface area contributed by atoms with E-state index < -0.39 is 5.54 Å². The van der Waals surface area contributed by atoms with Gasteiger partial charge in [-0.3, -0.25) is 9.59 Å². The molecule has 1 spiro atoms. The van der Waals surface area contributed by atoms with E-state index in [1.165, 1.54) is 5.56 Å². The Balaban J connectivity index is 1.47. The molecular formula is C27H30N4O2. The highest BCUT2D eigenvalue weighted by molar-refractivity contribution is 5.95. The van der Waals surface area contributed by atoms with Crippen molar-refractivity contribution >= 4 is 11.8 Å². The third-order valence-electron chi connectivity index (χ3n) is 7.04. The normalized spacial score (nSPS) is 22.9. The smallest absolute Gasteiger partial charge is 0.254 e. The Morgan fingerprint density at radius 2 is 1.88 bits per heavy atom. The number of amides is 2. The summed E-state index contributed by atoms with van der Waals surface area (Å²) in [6, 6.07) is 20.0. The molecule has 1 N–H and O–H groups in total. The van der Waals surface area contributed by atoms with Crippen molar-refractivity contribution in [1.82, 2.24) is 20.0 Å². The number of aryl methyl sites for hydroxylation is 2. The molecule has 5 rings (SSSR count). The average molecular weight is 443 g/mol. The first-order chi connectivity index (χ1) is 15.9. The van der Waals surface area contributed by atoms with Gasteiger partial charge in [0.25, 0.3) is 5.91 Å². The van der Waals surface area contributed by atoms with Gasteiger partial charge < -0.3 is 10.2 Å². The number of likely N-dealkylation sites (tertiary alicyclic amines) is 1. The van der Waals surface area contributed by atoms with E-state index in [4.69, 9.17) is 0 Å². The fourth-order valence-electron chi connectivity index (χ4n) is 5.53. The lowest BCUT2D eigenvalue weighted by Crippen LogP contribution is -2.52. The molecule has 0 saturated carbocycles. The fraction of sp³-hybridized carbons (Fsp3) is 0.370. The summed E-state index contributed by atoms with van der Waals surface area (Å²) in [5.41, 5.74) is 4.25. The Morgan fingerprint density at radius 1 is 1.06 bits per heavy atom. The van der Waals surface area contributed by atoms with Crippen LogP contribution in [-0.4, -0.2) is 45.1 Å². The molecule has 2 atom stereocenters. The zero-order valence-electron chi connectivity index (χ0n) is 19.3. The SMILES string of the molecule is Cc1cc(C)n(-c2cccc(C(=O)N3C[C@@H](c4ccccc4)[C@@]4(CCCCC(=O)N4)C3)c2)n1. The molecule has 0 aliphatic carbocycles. The minimum Gasteiger partial charge on any atom is -0.348 e. The van der Waals surface area contributed by atoms with E-state index in [2.05, 4.69) is 22.5 Å². The number of hydrogen-bond acceptors (Lipinski definition) is 3. The van der Waals surface area contributed by atoms with E-state index in [0.29, 0.717) is 25.1 Å². The minimum absolute atomic E-state index is 0.00492. The molecule has 6 nitrogen and oxygen atoms in total.